The Kier molecular flexibility index (Phi) is 5.37. The summed E-state index contributed by atoms with van der Waals surface area (Å²) in [6.07, 6.45) is 4.14. The second-order valence-electron chi connectivity index (χ2n) is 6.02. The van der Waals surface area contributed by atoms with Crippen LogP contribution in [0.2, 0.25) is 0 Å². The fourth-order valence-electron chi connectivity index (χ4n) is 2.65. The third-order valence-electron chi connectivity index (χ3n) is 3.97. The van der Waals surface area contributed by atoms with Crippen molar-refractivity contribution in [3.05, 3.63) is 56.9 Å². The van der Waals surface area contributed by atoms with E-state index in [4.69, 9.17) is 0 Å². The highest BCUT2D eigenvalue weighted by Gasteiger charge is 2.09. The Balaban J connectivity index is 1.73. The molecule has 0 aliphatic heterocycles. The number of hydrogen-bond acceptors (Lipinski definition) is 5. The Morgan fingerprint density at radius 3 is 2.96 bits per heavy atom. The van der Waals surface area contributed by atoms with Crippen molar-refractivity contribution in [2.75, 3.05) is 13.6 Å². The number of hydrogen-bond donors (Lipinski definition) is 0. The summed E-state index contributed by atoms with van der Waals surface area (Å²) in [7, 11) is 2.12. The minimum absolute atomic E-state index is 0.0649. The van der Waals surface area contributed by atoms with E-state index < -0.39 is 0 Å². The lowest BCUT2D eigenvalue weighted by Crippen LogP contribution is -2.23. The smallest absolute Gasteiger partial charge is 0.275 e. The Bertz CT molecular complexity index is 871. The summed E-state index contributed by atoms with van der Waals surface area (Å²) < 4.78 is 1.49. The number of aromatic nitrogens is 3. The Morgan fingerprint density at radius 1 is 1.29 bits per heavy atom. The monoisotopic (exact) mass is 342 g/mol. The molecule has 0 aliphatic rings. The molecule has 2 heterocycles. The first-order chi connectivity index (χ1) is 11.7. The van der Waals surface area contributed by atoms with E-state index in [1.54, 1.807) is 17.5 Å². The second-order valence-corrected chi connectivity index (χ2v) is 6.96. The van der Waals surface area contributed by atoms with E-state index in [-0.39, 0.29) is 5.56 Å². The molecule has 3 rings (SSSR count). The first-order valence-corrected chi connectivity index (χ1v) is 9.12. The van der Waals surface area contributed by atoms with Crippen LogP contribution in [0.5, 0.6) is 0 Å². The maximum Gasteiger partial charge on any atom is 0.275 e. The van der Waals surface area contributed by atoms with Crippen LogP contribution in [-0.4, -0.2) is 33.3 Å². The van der Waals surface area contributed by atoms with Gasteiger partial charge in [0.1, 0.15) is 5.01 Å². The maximum absolute atomic E-state index is 12.5. The quantitative estimate of drug-likeness (QED) is 0.662. The first kappa shape index (κ1) is 16.8. The van der Waals surface area contributed by atoms with Crippen LogP contribution in [0.15, 0.2) is 40.6 Å². The minimum atomic E-state index is -0.0649. The second kappa shape index (κ2) is 7.68. The molecule has 0 saturated heterocycles. The summed E-state index contributed by atoms with van der Waals surface area (Å²) in [5.41, 5.74) is 0.993. The van der Waals surface area contributed by atoms with Gasteiger partial charge in [-0.15, -0.1) is 11.3 Å². The van der Waals surface area contributed by atoms with Crippen LogP contribution in [0, 0.1) is 0 Å². The van der Waals surface area contributed by atoms with Crippen LogP contribution in [0.25, 0.3) is 10.8 Å². The summed E-state index contributed by atoms with van der Waals surface area (Å²) >= 11 is 1.59. The van der Waals surface area contributed by atoms with Gasteiger partial charge in [-0.25, -0.2) is 9.67 Å². The summed E-state index contributed by atoms with van der Waals surface area (Å²) in [5.74, 6) is 0. The molecule has 5 nitrogen and oxygen atoms in total. The first-order valence-electron chi connectivity index (χ1n) is 8.24. The predicted molar refractivity (Wildman–Crippen MR) is 98.5 cm³/mol. The topological polar surface area (TPSA) is 51.0 Å². The highest BCUT2D eigenvalue weighted by molar-refractivity contribution is 7.09. The molecule has 126 valence electrons. The zero-order valence-corrected chi connectivity index (χ0v) is 14.9. The van der Waals surface area contributed by atoms with E-state index >= 15 is 0 Å². The van der Waals surface area contributed by atoms with Gasteiger partial charge in [0.25, 0.3) is 5.56 Å². The average molecular weight is 342 g/mol. The van der Waals surface area contributed by atoms with Crippen molar-refractivity contribution < 1.29 is 0 Å². The van der Waals surface area contributed by atoms with Gasteiger partial charge in [0.2, 0.25) is 0 Å². The molecule has 0 amide bonds. The third-order valence-corrected chi connectivity index (χ3v) is 4.85. The summed E-state index contributed by atoms with van der Waals surface area (Å²) in [6, 6.07) is 7.53. The van der Waals surface area contributed by atoms with Crippen LogP contribution in [0.4, 0.5) is 0 Å². The number of rotatable bonds is 7. The fraction of sp³-hybridized carbons (Fsp3) is 0.389. The molecule has 2 aromatic heterocycles. The van der Waals surface area contributed by atoms with E-state index in [1.165, 1.54) is 17.5 Å². The molecular formula is C18H22N4OS. The Hall–Kier alpha value is -2.05. The maximum atomic E-state index is 12.5. The van der Waals surface area contributed by atoms with Crippen molar-refractivity contribution in [2.24, 2.45) is 0 Å². The lowest BCUT2D eigenvalue weighted by atomic mass is 10.2. The van der Waals surface area contributed by atoms with Crippen LogP contribution in [0.1, 0.15) is 30.5 Å². The lowest BCUT2D eigenvalue weighted by Gasteiger charge is -2.14. The zero-order chi connectivity index (χ0) is 16.9. The third kappa shape index (κ3) is 3.88. The van der Waals surface area contributed by atoms with E-state index in [0.717, 1.165) is 29.2 Å². The number of benzene rings is 1. The lowest BCUT2D eigenvalue weighted by molar-refractivity contribution is 0.317. The SMILES string of the molecule is CCCCN(C)Cc1csc(Cn2ncc3ccccc3c2=O)n1. The number of thiazole rings is 1. The molecule has 0 aliphatic carbocycles. The van der Waals surface area contributed by atoms with Gasteiger partial charge in [-0.2, -0.15) is 5.10 Å². The molecule has 0 spiro atoms. The van der Waals surface area contributed by atoms with E-state index in [9.17, 15) is 4.79 Å². The Labute approximate surface area is 145 Å². The molecule has 0 bridgehead atoms. The van der Waals surface area contributed by atoms with Gasteiger partial charge in [-0.3, -0.25) is 4.79 Å². The molecule has 0 saturated carbocycles. The number of nitrogens with zero attached hydrogens (tertiary/aromatic N) is 4. The molecule has 0 fully saturated rings. The van der Waals surface area contributed by atoms with Gasteiger partial charge in [-0.05, 0) is 26.1 Å². The largest absolute Gasteiger partial charge is 0.301 e. The normalized spacial score (nSPS) is 11.5. The Morgan fingerprint density at radius 2 is 2.12 bits per heavy atom. The van der Waals surface area contributed by atoms with E-state index in [1.807, 2.05) is 24.3 Å². The van der Waals surface area contributed by atoms with Crippen LogP contribution in [-0.2, 0) is 13.1 Å². The molecule has 6 heteroatoms. The molecule has 0 radical (unpaired) electrons. The minimum Gasteiger partial charge on any atom is -0.301 e. The van der Waals surface area contributed by atoms with Gasteiger partial charge < -0.3 is 4.90 Å². The van der Waals surface area contributed by atoms with Crippen molar-refractivity contribution >= 4 is 22.1 Å². The zero-order valence-electron chi connectivity index (χ0n) is 14.1. The fourth-order valence-corrected chi connectivity index (χ4v) is 3.41. The number of unbranched alkanes of at least 4 members (excludes halogenated alkanes) is 1. The predicted octanol–water partition coefficient (Wildman–Crippen LogP) is 3.13. The molecular weight excluding hydrogens is 320 g/mol. The molecule has 1 aromatic carbocycles. The van der Waals surface area contributed by atoms with E-state index in [2.05, 4.69) is 34.3 Å². The van der Waals surface area contributed by atoms with Gasteiger partial charge >= 0.3 is 0 Å². The summed E-state index contributed by atoms with van der Waals surface area (Å²) in [5, 5.41) is 8.83. The summed E-state index contributed by atoms with van der Waals surface area (Å²) in [6.45, 7) is 4.54. The van der Waals surface area contributed by atoms with Gasteiger partial charge in [0, 0.05) is 17.3 Å². The molecule has 0 unspecified atom stereocenters. The van der Waals surface area contributed by atoms with Crippen molar-refractivity contribution in [1.82, 2.24) is 19.7 Å². The number of fused-ring (bicyclic) bond motifs is 1. The molecule has 3 aromatic rings. The van der Waals surface area contributed by atoms with Crippen molar-refractivity contribution in [3.8, 4) is 0 Å². The molecule has 24 heavy (non-hydrogen) atoms. The van der Waals surface area contributed by atoms with Gasteiger partial charge in [-0.1, -0.05) is 31.5 Å². The van der Waals surface area contributed by atoms with Gasteiger partial charge in [0.05, 0.1) is 23.8 Å². The van der Waals surface area contributed by atoms with Crippen LogP contribution in [0.3, 0.4) is 0 Å². The van der Waals surface area contributed by atoms with Crippen molar-refractivity contribution in [1.29, 1.82) is 0 Å². The highest BCUT2D eigenvalue weighted by atomic mass is 32.1. The highest BCUT2D eigenvalue weighted by Crippen LogP contribution is 2.13. The van der Waals surface area contributed by atoms with Crippen LogP contribution >= 0.6 is 11.3 Å². The van der Waals surface area contributed by atoms with Crippen molar-refractivity contribution in [3.63, 3.8) is 0 Å². The summed E-state index contributed by atoms with van der Waals surface area (Å²) in [4.78, 5) is 19.4. The van der Waals surface area contributed by atoms with Crippen molar-refractivity contribution in [2.45, 2.75) is 32.9 Å². The standard InChI is InChI=1S/C18H22N4OS/c1-3-4-9-21(2)11-15-13-24-17(20-15)12-22-18(23)16-8-6-5-7-14(16)10-19-22/h5-8,10,13H,3-4,9,11-12H2,1-2H3. The average Bonchev–Trinajstić information content (AvgIpc) is 3.02. The molecule has 0 atom stereocenters. The van der Waals surface area contributed by atoms with Gasteiger partial charge in [0.15, 0.2) is 0 Å². The van der Waals surface area contributed by atoms with E-state index in [0.29, 0.717) is 11.9 Å². The van der Waals surface area contributed by atoms with Crippen LogP contribution < -0.4 is 5.56 Å². The molecule has 0 N–H and O–H groups in total.